The molecule has 0 amide bonds. The van der Waals surface area contributed by atoms with Gasteiger partial charge in [-0.15, -0.1) is 0 Å². The van der Waals surface area contributed by atoms with Crippen molar-refractivity contribution in [2.75, 3.05) is 4.90 Å². The van der Waals surface area contributed by atoms with Crippen molar-refractivity contribution in [3.05, 3.63) is 206 Å². The lowest BCUT2D eigenvalue weighted by atomic mass is 9.98. The second-order valence-corrected chi connectivity index (χ2v) is 14.9. The van der Waals surface area contributed by atoms with Crippen molar-refractivity contribution >= 4 is 82.7 Å². The summed E-state index contributed by atoms with van der Waals surface area (Å²) in [7, 11) is 0. The maximum atomic E-state index is 6.60. The van der Waals surface area contributed by atoms with Crippen LogP contribution in [-0.2, 0) is 0 Å². The summed E-state index contributed by atoms with van der Waals surface area (Å²) in [6, 6.07) is 73.2. The van der Waals surface area contributed by atoms with Gasteiger partial charge in [-0.1, -0.05) is 140 Å². The fourth-order valence-corrected chi connectivity index (χ4v) is 8.93. The van der Waals surface area contributed by atoms with Gasteiger partial charge < -0.3 is 18.3 Å². The second kappa shape index (κ2) is 12.9. The van der Waals surface area contributed by atoms with Crippen LogP contribution < -0.4 is 4.90 Å². The van der Waals surface area contributed by atoms with Crippen molar-refractivity contribution in [2.24, 2.45) is 0 Å². The van der Waals surface area contributed by atoms with E-state index in [1.165, 1.54) is 32.9 Å². The van der Waals surface area contributed by atoms with Crippen molar-refractivity contribution in [1.29, 1.82) is 0 Å². The Bertz CT molecular complexity index is 3460. The molecule has 0 saturated heterocycles. The summed E-state index contributed by atoms with van der Waals surface area (Å²) in [4.78, 5) is 2.30. The zero-order chi connectivity index (χ0) is 38.2. The van der Waals surface area contributed by atoms with Gasteiger partial charge in [0.05, 0.1) is 22.4 Å². The first-order chi connectivity index (χ1) is 28.8. The molecule has 3 aromatic heterocycles. The highest BCUT2D eigenvalue weighted by Gasteiger charge is 2.21. The van der Waals surface area contributed by atoms with Crippen molar-refractivity contribution in [3.63, 3.8) is 0 Å². The monoisotopic (exact) mass is 742 g/mol. The smallest absolute Gasteiger partial charge is 0.159 e. The Morgan fingerprint density at radius 3 is 1.59 bits per heavy atom. The van der Waals surface area contributed by atoms with E-state index in [1.54, 1.807) is 0 Å². The van der Waals surface area contributed by atoms with E-state index in [2.05, 4.69) is 191 Å². The molecular weight excluding hydrogens is 709 g/mol. The number of anilines is 3. The zero-order valence-electron chi connectivity index (χ0n) is 31.3. The molecule has 0 aliphatic carbocycles. The third-order valence-corrected chi connectivity index (χ3v) is 11.6. The first-order valence-corrected chi connectivity index (χ1v) is 19.7. The number of benzene rings is 9. The summed E-state index contributed by atoms with van der Waals surface area (Å²) in [6.45, 7) is 0. The normalized spacial score (nSPS) is 11.8. The van der Waals surface area contributed by atoms with Crippen LogP contribution in [0.4, 0.5) is 17.1 Å². The minimum absolute atomic E-state index is 0.849. The number of hydrogen-bond donors (Lipinski definition) is 0. The van der Waals surface area contributed by atoms with E-state index in [0.29, 0.717) is 0 Å². The molecule has 0 radical (unpaired) electrons. The molecule has 0 bridgehead atoms. The van der Waals surface area contributed by atoms with Gasteiger partial charge in [-0.2, -0.15) is 0 Å². The Hall–Kier alpha value is -7.82. The topological polar surface area (TPSA) is 34.5 Å². The van der Waals surface area contributed by atoms with Crippen molar-refractivity contribution < 1.29 is 8.83 Å². The molecule has 0 aliphatic rings. The molecule has 0 spiro atoms. The predicted octanol–water partition coefficient (Wildman–Crippen LogP) is 15.4. The first kappa shape index (κ1) is 32.4. The molecular formula is C54H34N2O2. The van der Waals surface area contributed by atoms with Gasteiger partial charge in [0.2, 0.25) is 0 Å². The minimum atomic E-state index is 0.849. The molecule has 9 aromatic carbocycles. The SMILES string of the molecule is c1ccc(-n2c3ccccc3c3ccccc32)c(-c2ccc(-c3ccc(N(c4ccc5oc6ccccc6c5c4)c4cccc5c4oc4ccccc45)cc3)cc2)c1. The average molecular weight is 743 g/mol. The quantitative estimate of drug-likeness (QED) is 0.170. The Morgan fingerprint density at radius 1 is 0.345 bits per heavy atom. The van der Waals surface area contributed by atoms with Gasteiger partial charge in [-0.05, 0) is 83.4 Å². The fourth-order valence-electron chi connectivity index (χ4n) is 8.93. The van der Waals surface area contributed by atoms with Gasteiger partial charge in [0.1, 0.15) is 16.7 Å². The van der Waals surface area contributed by atoms with Crippen LogP contribution >= 0.6 is 0 Å². The van der Waals surface area contributed by atoms with Crippen LogP contribution in [-0.4, -0.2) is 4.57 Å². The largest absolute Gasteiger partial charge is 0.456 e. The number of furan rings is 2. The van der Waals surface area contributed by atoms with Crippen LogP contribution in [0.2, 0.25) is 0 Å². The van der Waals surface area contributed by atoms with Gasteiger partial charge in [-0.25, -0.2) is 0 Å². The third-order valence-electron chi connectivity index (χ3n) is 11.6. The summed E-state index contributed by atoms with van der Waals surface area (Å²) in [5.41, 5.74) is 14.7. The highest BCUT2D eigenvalue weighted by atomic mass is 16.3. The van der Waals surface area contributed by atoms with Crippen molar-refractivity contribution in [2.45, 2.75) is 0 Å². The van der Waals surface area contributed by atoms with E-state index in [9.17, 15) is 0 Å². The average Bonchev–Trinajstić information content (AvgIpc) is 3.97. The molecule has 0 saturated carbocycles. The fraction of sp³-hybridized carbons (Fsp3) is 0. The molecule has 0 aliphatic heterocycles. The number of fused-ring (bicyclic) bond motifs is 9. The molecule has 0 atom stereocenters. The molecule has 0 unspecified atom stereocenters. The second-order valence-electron chi connectivity index (χ2n) is 14.9. The molecule has 3 heterocycles. The van der Waals surface area contributed by atoms with Gasteiger partial charge in [0, 0.05) is 49.3 Å². The highest BCUT2D eigenvalue weighted by Crippen LogP contribution is 2.44. The van der Waals surface area contributed by atoms with E-state index in [4.69, 9.17) is 8.83 Å². The van der Waals surface area contributed by atoms with E-state index in [-0.39, 0.29) is 0 Å². The van der Waals surface area contributed by atoms with Crippen molar-refractivity contribution in [1.82, 2.24) is 4.57 Å². The van der Waals surface area contributed by atoms with Crippen LogP contribution in [0.15, 0.2) is 215 Å². The lowest BCUT2D eigenvalue weighted by Crippen LogP contribution is -2.10. The highest BCUT2D eigenvalue weighted by molar-refractivity contribution is 6.12. The maximum Gasteiger partial charge on any atom is 0.159 e. The summed E-state index contributed by atoms with van der Waals surface area (Å²) in [6.07, 6.45) is 0. The van der Waals surface area contributed by atoms with Crippen LogP contribution in [0.5, 0.6) is 0 Å². The molecule has 272 valence electrons. The Balaban J connectivity index is 0.945. The third kappa shape index (κ3) is 5.02. The summed E-state index contributed by atoms with van der Waals surface area (Å²) >= 11 is 0. The molecule has 0 N–H and O–H groups in total. The Kier molecular flexibility index (Phi) is 7.20. The van der Waals surface area contributed by atoms with Gasteiger partial charge in [0.25, 0.3) is 0 Å². The molecule has 12 rings (SSSR count). The Labute approximate surface area is 334 Å². The van der Waals surface area contributed by atoms with Crippen LogP contribution in [0.25, 0.3) is 93.6 Å². The summed E-state index contributed by atoms with van der Waals surface area (Å²) in [5.74, 6) is 0. The van der Waals surface area contributed by atoms with Crippen molar-refractivity contribution in [3.8, 4) is 27.9 Å². The first-order valence-electron chi connectivity index (χ1n) is 19.7. The number of hydrogen-bond acceptors (Lipinski definition) is 3. The van der Waals surface area contributed by atoms with E-state index in [1.807, 2.05) is 24.3 Å². The number of aromatic nitrogens is 1. The lowest BCUT2D eigenvalue weighted by Gasteiger charge is -2.26. The molecule has 12 aromatic rings. The molecule has 58 heavy (non-hydrogen) atoms. The summed E-state index contributed by atoms with van der Waals surface area (Å²) in [5, 5.41) is 6.88. The maximum absolute atomic E-state index is 6.60. The Morgan fingerprint density at radius 2 is 0.862 bits per heavy atom. The molecule has 4 nitrogen and oxygen atoms in total. The molecule has 4 heteroatoms. The zero-order valence-corrected chi connectivity index (χ0v) is 31.3. The standard InChI is InChI=1S/C54H34N2O2/c1-6-18-47(56-48-19-7-2-13-41(48)42-14-3-8-20-49(42)56)40(12-1)37-26-24-35(25-27-37)36-28-30-38(31-29-36)55(39-32-33-53-46(34-39)44-16-5-9-22-51(44)57-53)50-21-11-17-45-43-15-4-10-23-52(43)58-54(45)50/h1-34H. The van der Waals surface area contributed by atoms with Crippen LogP contribution in [0, 0.1) is 0 Å². The van der Waals surface area contributed by atoms with Gasteiger partial charge >= 0.3 is 0 Å². The van der Waals surface area contributed by atoms with Crippen LogP contribution in [0.1, 0.15) is 0 Å². The number of nitrogens with zero attached hydrogens (tertiary/aromatic N) is 2. The predicted molar refractivity (Wildman–Crippen MR) is 241 cm³/mol. The van der Waals surface area contributed by atoms with E-state index in [0.717, 1.165) is 77.8 Å². The van der Waals surface area contributed by atoms with Crippen LogP contribution in [0.3, 0.4) is 0 Å². The van der Waals surface area contributed by atoms with E-state index < -0.39 is 0 Å². The van der Waals surface area contributed by atoms with Gasteiger partial charge in [-0.3, -0.25) is 0 Å². The number of para-hydroxylation sites is 6. The minimum Gasteiger partial charge on any atom is -0.456 e. The molecule has 0 fully saturated rings. The van der Waals surface area contributed by atoms with Gasteiger partial charge in [0.15, 0.2) is 5.58 Å². The van der Waals surface area contributed by atoms with E-state index >= 15 is 0 Å². The summed E-state index contributed by atoms with van der Waals surface area (Å²) < 4.78 is 15.2. The lowest BCUT2D eigenvalue weighted by molar-refractivity contribution is 0.669. The number of rotatable bonds is 6.